The van der Waals surface area contributed by atoms with Gasteiger partial charge in [0.2, 0.25) is 0 Å². The average Bonchev–Trinajstić information content (AvgIpc) is 3.24. The first-order valence-corrected chi connectivity index (χ1v) is 8.64. The van der Waals surface area contributed by atoms with Gasteiger partial charge in [-0.25, -0.2) is 4.68 Å². The molecule has 4 rings (SSSR count). The van der Waals surface area contributed by atoms with Crippen molar-refractivity contribution in [3.05, 3.63) is 58.6 Å². The highest BCUT2D eigenvalue weighted by Crippen LogP contribution is 2.41. The Morgan fingerprint density at radius 1 is 1.19 bits per heavy atom. The predicted molar refractivity (Wildman–Crippen MR) is 97.8 cm³/mol. The maximum Gasteiger partial charge on any atom is 0.416 e. The molecular formula is C19H15ClF3N3O. The molecule has 0 atom stereocenters. The first-order valence-electron chi connectivity index (χ1n) is 8.26. The Labute approximate surface area is 158 Å². The predicted octanol–water partition coefficient (Wildman–Crippen LogP) is 5.19. The van der Waals surface area contributed by atoms with Crippen molar-refractivity contribution in [1.82, 2.24) is 9.78 Å². The normalized spacial score (nSPS) is 13.4. The molecule has 0 radical (unpaired) electrons. The van der Waals surface area contributed by atoms with E-state index in [0.717, 1.165) is 23.5 Å². The molecular weight excluding hydrogens is 379 g/mol. The number of halogens is 4. The smallest absolute Gasteiger partial charge is 0.416 e. The molecule has 8 heteroatoms. The van der Waals surface area contributed by atoms with Crippen LogP contribution in [0, 0.1) is 0 Å². The highest BCUT2D eigenvalue weighted by molar-refractivity contribution is 6.33. The van der Waals surface area contributed by atoms with E-state index in [0.29, 0.717) is 30.1 Å². The van der Waals surface area contributed by atoms with E-state index in [1.807, 2.05) is 18.2 Å². The van der Waals surface area contributed by atoms with E-state index in [-0.39, 0.29) is 10.6 Å². The number of benzene rings is 2. The third-order valence-corrected chi connectivity index (χ3v) is 4.84. The zero-order chi connectivity index (χ0) is 19.2. The molecule has 0 saturated heterocycles. The standard InChI is InChI=1S/C19H15ClF3N3O/c1-27-16-5-3-2-4-15(16)26-18-12(8-9-24-18)17(25-26)13-10-11(19(21,22)23)6-7-14(13)20/h2-7,10,24H,8-9H2,1H3. The summed E-state index contributed by atoms with van der Waals surface area (Å²) in [5.74, 6) is 1.35. The summed E-state index contributed by atoms with van der Waals surface area (Å²) in [6, 6.07) is 10.6. The Morgan fingerprint density at radius 2 is 1.96 bits per heavy atom. The topological polar surface area (TPSA) is 39.1 Å². The Kier molecular flexibility index (Phi) is 4.26. The fraction of sp³-hybridized carbons (Fsp3) is 0.211. The lowest BCUT2D eigenvalue weighted by Gasteiger charge is -2.11. The molecule has 1 aromatic heterocycles. The lowest BCUT2D eigenvalue weighted by atomic mass is 10.0. The van der Waals surface area contributed by atoms with Crippen LogP contribution in [0.1, 0.15) is 11.1 Å². The van der Waals surface area contributed by atoms with Crippen LogP contribution in [-0.2, 0) is 12.6 Å². The van der Waals surface area contributed by atoms with Crippen LogP contribution in [-0.4, -0.2) is 23.4 Å². The number of alkyl halides is 3. The largest absolute Gasteiger partial charge is 0.494 e. The van der Waals surface area contributed by atoms with Gasteiger partial charge in [-0.1, -0.05) is 23.7 Å². The van der Waals surface area contributed by atoms with Crippen molar-refractivity contribution in [3.63, 3.8) is 0 Å². The lowest BCUT2D eigenvalue weighted by Crippen LogP contribution is -2.06. The zero-order valence-corrected chi connectivity index (χ0v) is 15.0. The second-order valence-electron chi connectivity index (χ2n) is 6.13. The maximum absolute atomic E-state index is 13.2. The molecule has 0 spiro atoms. The number of nitrogens with one attached hydrogen (secondary N) is 1. The molecule has 1 N–H and O–H groups in total. The molecule has 1 aliphatic heterocycles. The Balaban J connectivity index is 1.92. The van der Waals surface area contributed by atoms with Gasteiger partial charge in [-0.2, -0.15) is 18.3 Å². The van der Waals surface area contributed by atoms with E-state index in [9.17, 15) is 13.2 Å². The van der Waals surface area contributed by atoms with Gasteiger partial charge in [0.05, 0.1) is 23.4 Å². The summed E-state index contributed by atoms with van der Waals surface area (Å²) in [5, 5.41) is 8.06. The first-order chi connectivity index (χ1) is 12.9. The van der Waals surface area contributed by atoms with Gasteiger partial charge in [0.15, 0.2) is 0 Å². The fourth-order valence-corrected chi connectivity index (χ4v) is 3.46. The molecule has 1 aliphatic rings. The van der Waals surface area contributed by atoms with Gasteiger partial charge in [0.1, 0.15) is 17.3 Å². The Bertz CT molecular complexity index is 1010. The molecule has 0 aliphatic carbocycles. The molecule has 140 valence electrons. The quantitative estimate of drug-likeness (QED) is 0.665. The van der Waals surface area contributed by atoms with Crippen molar-refractivity contribution >= 4 is 17.4 Å². The number of fused-ring (bicyclic) bond motifs is 1. The minimum absolute atomic E-state index is 0.224. The van der Waals surface area contributed by atoms with E-state index in [4.69, 9.17) is 16.3 Å². The third-order valence-electron chi connectivity index (χ3n) is 4.51. The number of anilines is 1. The van der Waals surface area contributed by atoms with Gasteiger partial charge < -0.3 is 10.1 Å². The Morgan fingerprint density at radius 3 is 2.70 bits per heavy atom. The number of hydrogen-bond donors (Lipinski definition) is 1. The molecule has 2 heterocycles. The van der Waals surface area contributed by atoms with Gasteiger partial charge in [-0.05, 0) is 36.8 Å². The number of ether oxygens (including phenoxy) is 1. The van der Waals surface area contributed by atoms with E-state index in [1.165, 1.54) is 6.07 Å². The SMILES string of the molecule is COc1ccccc1-n1nc(-c2cc(C(F)(F)F)ccc2Cl)c2c1NCC2. The van der Waals surface area contributed by atoms with Crippen molar-refractivity contribution in [1.29, 1.82) is 0 Å². The van der Waals surface area contributed by atoms with Crippen LogP contribution in [0.5, 0.6) is 5.75 Å². The van der Waals surface area contributed by atoms with Crippen molar-refractivity contribution in [2.24, 2.45) is 0 Å². The molecule has 27 heavy (non-hydrogen) atoms. The van der Waals surface area contributed by atoms with Crippen LogP contribution >= 0.6 is 11.6 Å². The van der Waals surface area contributed by atoms with Gasteiger partial charge in [0.25, 0.3) is 0 Å². The van der Waals surface area contributed by atoms with Crippen LogP contribution in [0.4, 0.5) is 19.0 Å². The van der Waals surface area contributed by atoms with Gasteiger partial charge in [-0.15, -0.1) is 0 Å². The summed E-state index contributed by atoms with van der Waals surface area (Å²) in [4.78, 5) is 0. The Hall–Kier alpha value is -2.67. The second kappa shape index (κ2) is 6.49. The fourth-order valence-electron chi connectivity index (χ4n) is 3.25. The van der Waals surface area contributed by atoms with E-state index in [1.54, 1.807) is 17.9 Å². The monoisotopic (exact) mass is 393 g/mol. The van der Waals surface area contributed by atoms with Crippen molar-refractivity contribution in [2.75, 3.05) is 19.0 Å². The molecule has 4 nitrogen and oxygen atoms in total. The minimum Gasteiger partial charge on any atom is -0.494 e. The van der Waals surface area contributed by atoms with Gasteiger partial charge in [-0.3, -0.25) is 0 Å². The molecule has 3 aromatic rings. The van der Waals surface area contributed by atoms with Crippen LogP contribution in [0.3, 0.4) is 0 Å². The highest BCUT2D eigenvalue weighted by atomic mass is 35.5. The summed E-state index contributed by atoms with van der Waals surface area (Å²) < 4.78 is 46.5. The average molecular weight is 394 g/mol. The maximum atomic E-state index is 13.2. The van der Waals surface area contributed by atoms with Crippen molar-refractivity contribution in [2.45, 2.75) is 12.6 Å². The van der Waals surface area contributed by atoms with Gasteiger partial charge >= 0.3 is 6.18 Å². The summed E-state index contributed by atoms with van der Waals surface area (Å²) in [5.41, 5.74) is 1.48. The van der Waals surface area contributed by atoms with Gasteiger partial charge in [0, 0.05) is 17.7 Å². The summed E-state index contributed by atoms with van der Waals surface area (Å²) >= 11 is 6.23. The molecule has 2 aromatic carbocycles. The summed E-state index contributed by atoms with van der Waals surface area (Å²) in [6.45, 7) is 0.673. The number of rotatable bonds is 3. The molecule has 0 bridgehead atoms. The lowest BCUT2D eigenvalue weighted by molar-refractivity contribution is -0.137. The first kappa shape index (κ1) is 17.7. The van der Waals surface area contributed by atoms with E-state index >= 15 is 0 Å². The summed E-state index contributed by atoms with van der Waals surface area (Å²) in [6.07, 6.45) is -3.81. The van der Waals surface area contributed by atoms with Crippen LogP contribution in [0.15, 0.2) is 42.5 Å². The highest BCUT2D eigenvalue weighted by Gasteiger charge is 2.32. The minimum atomic E-state index is -4.45. The number of aromatic nitrogens is 2. The van der Waals surface area contributed by atoms with Crippen molar-refractivity contribution in [3.8, 4) is 22.7 Å². The van der Waals surface area contributed by atoms with E-state index in [2.05, 4.69) is 10.4 Å². The molecule has 0 unspecified atom stereocenters. The van der Waals surface area contributed by atoms with Crippen LogP contribution in [0.25, 0.3) is 16.9 Å². The second-order valence-corrected chi connectivity index (χ2v) is 6.54. The third kappa shape index (κ3) is 3.02. The molecule has 0 amide bonds. The number of para-hydroxylation sites is 2. The number of hydrogen-bond acceptors (Lipinski definition) is 3. The summed E-state index contributed by atoms with van der Waals surface area (Å²) in [7, 11) is 1.56. The molecule has 0 saturated carbocycles. The van der Waals surface area contributed by atoms with Crippen LogP contribution < -0.4 is 10.1 Å². The van der Waals surface area contributed by atoms with Crippen molar-refractivity contribution < 1.29 is 17.9 Å². The van der Waals surface area contributed by atoms with E-state index < -0.39 is 11.7 Å². The number of methoxy groups -OCH3 is 1. The van der Waals surface area contributed by atoms with Crippen LogP contribution in [0.2, 0.25) is 5.02 Å². The number of nitrogens with zero attached hydrogens (tertiary/aromatic N) is 2. The molecule has 0 fully saturated rings. The zero-order valence-electron chi connectivity index (χ0n) is 14.3.